The molecule has 40 heavy (non-hydrogen) atoms. The van der Waals surface area contributed by atoms with Crippen LogP contribution in [0.3, 0.4) is 0 Å². The molecule has 0 heterocycles. The van der Waals surface area contributed by atoms with Gasteiger partial charge in [0.2, 0.25) is 0 Å². The van der Waals surface area contributed by atoms with Gasteiger partial charge in [-0.1, -0.05) is 26.0 Å². The number of carbonyl (C=O) groups is 2. The molecule has 2 saturated carbocycles. The van der Waals surface area contributed by atoms with Crippen molar-refractivity contribution in [2.45, 2.75) is 77.7 Å². The molecule has 0 unspecified atom stereocenters. The van der Waals surface area contributed by atoms with Crippen molar-refractivity contribution < 1.29 is 19.1 Å². The van der Waals surface area contributed by atoms with Crippen LogP contribution in [0.5, 0.6) is 0 Å². The van der Waals surface area contributed by atoms with Gasteiger partial charge in [-0.25, -0.2) is 4.79 Å². The highest BCUT2D eigenvalue weighted by atomic mass is 35.5. The zero-order valence-electron chi connectivity index (χ0n) is 24.1. The molecule has 1 aromatic rings. The molecule has 5 rings (SSSR count). The van der Waals surface area contributed by atoms with Gasteiger partial charge in [-0.2, -0.15) is 0 Å². The van der Waals surface area contributed by atoms with Gasteiger partial charge in [0.15, 0.2) is 0 Å². The van der Waals surface area contributed by atoms with Crippen LogP contribution in [0, 0.1) is 29.1 Å². The number of anilines is 1. The standard InChI is InChI=1S/C33H43Cl2NO4/c1-4-33(40-22(2)37)15-13-30-29-10-8-23-21-26(9-11-27(23)28(29)12-14-32(30,33)3)39-31(38)24-6-5-7-25(20-24)36(18-16-34)19-17-35/h5-8,20-21,27-30H,4,9-19H2,1-3H3/t27-,28+,29+,30-,32-,33-/m0/s1. The molecule has 0 N–H and O–H groups in total. The van der Waals surface area contributed by atoms with Crippen LogP contribution in [0.4, 0.5) is 5.69 Å². The number of esters is 2. The number of nitrogens with zero attached hydrogens (tertiary/aromatic N) is 1. The molecule has 0 amide bonds. The summed E-state index contributed by atoms with van der Waals surface area (Å²) in [6.45, 7) is 7.47. The Bertz CT molecular complexity index is 1170. The number of halogens is 2. The topological polar surface area (TPSA) is 55.8 Å². The number of fused-ring (bicyclic) bond motifs is 5. The summed E-state index contributed by atoms with van der Waals surface area (Å²) in [5.41, 5.74) is 2.51. The maximum absolute atomic E-state index is 13.1. The number of hydrogen-bond acceptors (Lipinski definition) is 5. The number of alkyl halides is 2. The van der Waals surface area contributed by atoms with Gasteiger partial charge in [-0.15, -0.1) is 23.2 Å². The van der Waals surface area contributed by atoms with E-state index in [0.29, 0.717) is 54.1 Å². The third-order valence-corrected chi connectivity index (χ3v) is 11.0. The average molecular weight is 589 g/mol. The van der Waals surface area contributed by atoms with Gasteiger partial charge < -0.3 is 14.4 Å². The Labute approximate surface area is 249 Å². The number of ether oxygens (including phenoxy) is 2. The molecular formula is C33H43Cl2NO4. The first-order valence-electron chi connectivity index (χ1n) is 15.0. The first kappa shape index (κ1) is 29.5. The molecule has 4 aliphatic carbocycles. The fraction of sp³-hybridized carbons (Fsp3) is 0.636. The Kier molecular flexibility index (Phi) is 8.92. The second-order valence-corrected chi connectivity index (χ2v) is 13.1. The predicted octanol–water partition coefficient (Wildman–Crippen LogP) is 7.91. The molecule has 6 atom stereocenters. The molecule has 218 valence electrons. The molecule has 2 fully saturated rings. The minimum atomic E-state index is -0.325. The van der Waals surface area contributed by atoms with Gasteiger partial charge in [0, 0.05) is 49.3 Å². The summed E-state index contributed by atoms with van der Waals surface area (Å²) in [5, 5.41) is 0. The second-order valence-electron chi connectivity index (χ2n) is 12.4. The van der Waals surface area contributed by atoms with Crippen molar-refractivity contribution in [3.8, 4) is 0 Å². The van der Waals surface area contributed by atoms with Crippen LogP contribution in [-0.4, -0.2) is 42.4 Å². The number of benzene rings is 1. The SMILES string of the molecule is CC[C@]1(OC(C)=O)CC[C@H]2[C@@H]3CC=C4C=C(OC(=O)c5cccc(N(CCCl)CCCl)c5)CC[C@@H]4[C@H]3CC[C@@]21C. The van der Waals surface area contributed by atoms with Crippen molar-refractivity contribution in [2.75, 3.05) is 29.7 Å². The molecular weight excluding hydrogens is 545 g/mol. The predicted molar refractivity (Wildman–Crippen MR) is 161 cm³/mol. The van der Waals surface area contributed by atoms with E-state index in [0.717, 1.165) is 56.4 Å². The van der Waals surface area contributed by atoms with Gasteiger partial charge in [-0.3, -0.25) is 4.79 Å². The minimum absolute atomic E-state index is 0.0444. The van der Waals surface area contributed by atoms with E-state index in [-0.39, 0.29) is 23.0 Å². The van der Waals surface area contributed by atoms with Crippen LogP contribution in [0.15, 0.2) is 47.7 Å². The van der Waals surface area contributed by atoms with Crippen molar-refractivity contribution in [1.29, 1.82) is 0 Å². The van der Waals surface area contributed by atoms with Gasteiger partial charge in [-0.05, 0) is 98.5 Å². The molecule has 0 radical (unpaired) electrons. The Morgan fingerprint density at radius 1 is 1.07 bits per heavy atom. The van der Waals surface area contributed by atoms with Crippen LogP contribution < -0.4 is 4.90 Å². The van der Waals surface area contributed by atoms with Crippen molar-refractivity contribution in [1.82, 2.24) is 0 Å². The van der Waals surface area contributed by atoms with Crippen LogP contribution in [0.2, 0.25) is 0 Å². The molecule has 4 aliphatic rings. The lowest BCUT2D eigenvalue weighted by molar-refractivity contribution is -0.180. The fourth-order valence-electron chi connectivity index (χ4n) is 8.78. The summed E-state index contributed by atoms with van der Waals surface area (Å²) in [6.07, 6.45) is 12.6. The zero-order chi connectivity index (χ0) is 28.5. The second kappa shape index (κ2) is 12.1. The minimum Gasteiger partial charge on any atom is -0.459 e. The van der Waals surface area contributed by atoms with Crippen LogP contribution in [0.25, 0.3) is 0 Å². The van der Waals surface area contributed by atoms with E-state index in [1.165, 1.54) is 12.0 Å². The molecule has 5 nitrogen and oxygen atoms in total. The summed E-state index contributed by atoms with van der Waals surface area (Å²) in [6, 6.07) is 7.52. The molecule has 7 heteroatoms. The van der Waals surface area contributed by atoms with Crippen molar-refractivity contribution in [2.24, 2.45) is 29.1 Å². The van der Waals surface area contributed by atoms with E-state index < -0.39 is 0 Å². The summed E-state index contributed by atoms with van der Waals surface area (Å²) in [5.74, 6) is 3.63. The quantitative estimate of drug-likeness (QED) is 0.217. The normalized spacial score (nSPS) is 32.6. The highest BCUT2D eigenvalue weighted by Crippen LogP contribution is 2.66. The molecule has 0 bridgehead atoms. The Balaban J connectivity index is 1.29. The fourth-order valence-corrected chi connectivity index (χ4v) is 9.19. The lowest BCUT2D eigenvalue weighted by Crippen LogP contribution is -2.53. The van der Waals surface area contributed by atoms with Gasteiger partial charge in [0.1, 0.15) is 11.4 Å². The summed E-state index contributed by atoms with van der Waals surface area (Å²) < 4.78 is 12.1. The lowest BCUT2D eigenvalue weighted by atomic mass is 9.51. The van der Waals surface area contributed by atoms with Crippen molar-refractivity contribution >= 4 is 40.8 Å². The Hall–Kier alpha value is -1.98. The van der Waals surface area contributed by atoms with E-state index in [4.69, 9.17) is 32.7 Å². The highest BCUT2D eigenvalue weighted by Gasteiger charge is 2.63. The number of carbonyl (C=O) groups excluding carboxylic acids is 2. The monoisotopic (exact) mass is 587 g/mol. The van der Waals surface area contributed by atoms with E-state index in [2.05, 4.69) is 30.9 Å². The highest BCUT2D eigenvalue weighted by molar-refractivity contribution is 6.18. The molecule has 1 aromatic carbocycles. The largest absolute Gasteiger partial charge is 0.459 e. The maximum atomic E-state index is 13.1. The van der Waals surface area contributed by atoms with Gasteiger partial charge >= 0.3 is 11.9 Å². The van der Waals surface area contributed by atoms with Crippen LogP contribution in [-0.2, 0) is 14.3 Å². The third kappa shape index (κ3) is 5.33. The van der Waals surface area contributed by atoms with E-state index in [1.807, 2.05) is 18.2 Å². The molecule has 0 spiro atoms. The Morgan fingerprint density at radius 3 is 2.55 bits per heavy atom. The number of allylic oxidation sites excluding steroid dienone is 4. The maximum Gasteiger partial charge on any atom is 0.343 e. The van der Waals surface area contributed by atoms with E-state index in [1.54, 1.807) is 13.0 Å². The third-order valence-electron chi connectivity index (χ3n) is 10.7. The molecule has 0 aromatic heterocycles. The van der Waals surface area contributed by atoms with E-state index in [9.17, 15) is 9.59 Å². The van der Waals surface area contributed by atoms with Gasteiger partial charge in [0.05, 0.1) is 5.56 Å². The van der Waals surface area contributed by atoms with Crippen molar-refractivity contribution in [3.05, 3.63) is 53.3 Å². The van der Waals surface area contributed by atoms with E-state index >= 15 is 0 Å². The number of rotatable bonds is 9. The summed E-state index contributed by atoms with van der Waals surface area (Å²) >= 11 is 11.9. The molecule has 0 aliphatic heterocycles. The van der Waals surface area contributed by atoms with Crippen LogP contribution in [0.1, 0.15) is 82.5 Å². The Morgan fingerprint density at radius 2 is 1.85 bits per heavy atom. The van der Waals surface area contributed by atoms with Crippen molar-refractivity contribution in [3.63, 3.8) is 0 Å². The zero-order valence-corrected chi connectivity index (χ0v) is 25.6. The summed E-state index contributed by atoms with van der Waals surface area (Å²) in [7, 11) is 0. The lowest BCUT2D eigenvalue weighted by Gasteiger charge is -2.55. The van der Waals surface area contributed by atoms with Crippen LogP contribution >= 0.6 is 23.2 Å². The van der Waals surface area contributed by atoms with Gasteiger partial charge in [0.25, 0.3) is 0 Å². The average Bonchev–Trinajstić information content (AvgIpc) is 3.24. The molecule has 0 saturated heterocycles. The smallest absolute Gasteiger partial charge is 0.343 e. The first-order valence-corrected chi connectivity index (χ1v) is 16.1. The summed E-state index contributed by atoms with van der Waals surface area (Å²) in [4.78, 5) is 27.3. The number of hydrogen-bond donors (Lipinski definition) is 0. The first-order chi connectivity index (χ1) is 19.2.